The molecule has 0 saturated carbocycles. The predicted molar refractivity (Wildman–Crippen MR) is 86.4 cm³/mol. The van der Waals surface area contributed by atoms with E-state index < -0.39 is 6.10 Å². The van der Waals surface area contributed by atoms with Crippen molar-refractivity contribution in [1.82, 2.24) is 9.78 Å². The van der Waals surface area contributed by atoms with Gasteiger partial charge in [-0.15, -0.1) is 0 Å². The molecule has 114 valence electrons. The Morgan fingerprint density at radius 1 is 1.33 bits per heavy atom. The van der Waals surface area contributed by atoms with Gasteiger partial charge in [0.2, 0.25) is 0 Å². The minimum atomic E-state index is -0.560. The van der Waals surface area contributed by atoms with Crippen LogP contribution >= 0.6 is 15.9 Å². The Morgan fingerprint density at radius 2 is 2.10 bits per heavy atom. The molecule has 2 rings (SSSR count). The van der Waals surface area contributed by atoms with Gasteiger partial charge in [-0.05, 0) is 38.5 Å². The molecule has 0 aliphatic heterocycles. The van der Waals surface area contributed by atoms with Crippen LogP contribution in [0.15, 0.2) is 28.7 Å². The minimum absolute atomic E-state index is 0.441. The van der Waals surface area contributed by atoms with Crippen molar-refractivity contribution in [2.24, 2.45) is 0 Å². The highest BCUT2D eigenvalue weighted by Gasteiger charge is 2.12. The maximum absolute atomic E-state index is 9.82. The number of hydrogen-bond acceptors (Lipinski definition) is 3. The fourth-order valence-electron chi connectivity index (χ4n) is 2.21. The van der Waals surface area contributed by atoms with Gasteiger partial charge in [0.25, 0.3) is 0 Å². The fourth-order valence-corrected chi connectivity index (χ4v) is 2.55. The Hall–Kier alpha value is -1.33. The molecule has 1 atom stereocenters. The number of aryl methyl sites for hydroxylation is 2. The summed E-state index contributed by atoms with van der Waals surface area (Å²) in [4.78, 5) is 0. The van der Waals surface area contributed by atoms with Crippen molar-refractivity contribution in [2.75, 3.05) is 0 Å². The molecule has 0 spiro atoms. The zero-order valence-corrected chi connectivity index (χ0v) is 14.2. The van der Waals surface area contributed by atoms with Gasteiger partial charge in [-0.1, -0.05) is 28.9 Å². The summed E-state index contributed by atoms with van der Waals surface area (Å²) in [6.07, 6.45) is 0.353. The molecule has 1 aromatic heterocycles. The van der Waals surface area contributed by atoms with E-state index >= 15 is 0 Å². The van der Waals surface area contributed by atoms with Crippen LogP contribution in [0.3, 0.4) is 0 Å². The van der Waals surface area contributed by atoms with E-state index in [1.54, 1.807) is 6.92 Å². The summed E-state index contributed by atoms with van der Waals surface area (Å²) in [5, 5.41) is 14.3. The number of aliphatic hydroxyl groups is 1. The van der Waals surface area contributed by atoms with Crippen molar-refractivity contribution in [3.63, 3.8) is 0 Å². The number of rotatable bonds is 6. The molecule has 0 bridgehead atoms. The monoisotopic (exact) mass is 352 g/mol. The third kappa shape index (κ3) is 3.86. The molecule has 2 aromatic rings. The first-order chi connectivity index (χ1) is 10.0. The van der Waals surface area contributed by atoms with E-state index in [2.05, 4.69) is 40.9 Å². The molecule has 0 saturated heterocycles. The fraction of sp³-hybridized carbons (Fsp3) is 0.438. The molecule has 1 N–H and O–H groups in total. The predicted octanol–water partition coefficient (Wildman–Crippen LogP) is 3.86. The lowest BCUT2D eigenvalue weighted by molar-refractivity contribution is 0.189. The van der Waals surface area contributed by atoms with E-state index in [1.165, 1.54) is 0 Å². The third-order valence-corrected chi connectivity index (χ3v) is 3.87. The summed E-state index contributed by atoms with van der Waals surface area (Å²) < 4.78 is 8.80. The van der Waals surface area contributed by atoms with Gasteiger partial charge in [0, 0.05) is 16.6 Å². The summed E-state index contributed by atoms with van der Waals surface area (Å²) in [5.41, 5.74) is 2.91. The average molecular weight is 353 g/mol. The number of halogens is 1. The molecule has 4 nitrogen and oxygen atoms in total. The molecule has 0 amide bonds. The van der Waals surface area contributed by atoms with Crippen molar-refractivity contribution in [3.8, 4) is 5.75 Å². The summed E-state index contributed by atoms with van der Waals surface area (Å²) in [6, 6.07) is 7.73. The second-order valence-electron chi connectivity index (χ2n) is 4.94. The highest BCUT2D eigenvalue weighted by Crippen LogP contribution is 2.29. The standard InChI is InChI=1S/C16H21BrN2O2/c1-4-13-9-14(19(5-2)18-13)10-21-16-8-12(17)6-7-15(16)11(3)20/h6-9,11,20H,4-5,10H2,1-3H3/t11-/m1/s1. The second kappa shape index (κ2) is 7.09. The van der Waals surface area contributed by atoms with Crippen LogP contribution in [-0.4, -0.2) is 14.9 Å². The Labute approximate surface area is 133 Å². The van der Waals surface area contributed by atoms with Crippen LogP contribution in [0, 0.1) is 0 Å². The van der Waals surface area contributed by atoms with Crippen molar-refractivity contribution < 1.29 is 9.84 Å². The highest BCUT2D eigenvalue weighted by molar-refractivity contribution is 9.10. The van der Waals surface area contributed by atoms with Gasteiger partial charge < -0.3 is 9.84 Å². The van der Waals surface area contributed by atoms with E-state index in [0.717, 1.165) is 34.4 Å². The summed E-state index contributed by atoms with van der Waals surface area (Å²) in [5.74, 6) is 0.696. The molecule has 5 heteroatoms. The molecule has 0 aliphatic rings. The van der Waals surface area contributed by atoms with E-state index in [-0.39, 0.29) is 0 Å². The largest absolute Gasteiger partial charge is 0.487 e. The van der Waals surface area contributed by atoms with Crippen LogP contribution in [0.4, 0.5) is 0 Å². The Morgan fingerprint density at radius 3 is 2.71 bits per heavy atom. The molecular formula is C16H21BrN2O2. The van der Waals surface area contributed by atoms with Gasteiger partial charge in [0.05, 0.1) is 17.5 Å². The number of aromatic nitrogens is 2. The number of nitrogens with zero attached hydrogens (tertiary/aromatic N) is 2. The number of hydrogen-bond donors (Lipinski definition) is 1. The summed E-state index contributed by atoms with van der Waals surface area (Å²) >= 11 is 3.44. The molecule has 21 heavy (non-hydrogen) atoms. The van der Waals surface area contributed by atoms with Gasteiger partial charge in [0.1, 0.15) is 12.4 Å². The van der Waals surface area contributed by atoms with Gasteiger partial charge in [0.15, 0.2) is 0 Å². The van der Waals surface area contributed by atoms with Crippen molar-refractivity contribution in [3.05, 3.63) is 45.7 Å². The van der Waals surface area contributed by atoms with E-state index in [4.69, 9.17) is 4.74 Å². The number of ether oxygens (including phenoxy) is 1. The van der Waals surface area contributed by atoms with Crippen molar-refractivity contribution in [1.29, 1.82) is 0 Å². The van der Waals surface area contributed by atoms with Crippen LogP contribution in [-0.2, 0) is 19.6 Å². The SMILES string of the molecule is CCc1cc(COc2cc(Br)ccc2[C@@H](C)O)n(CC)n1. The summed E-state index contributed by atoms with van der Waals surface area (Å²) in [7, 11) is 0. The molecule has 0 fully saturated rings. The first kappa shape index (κ1) is 16.0. The molecule has 0 aliphatic carbocycles. The van der Waals surface area contributed by atoms with Gasteiger partial charge in [-0.3, -0.25) is 4.68 Å². The summed E-state index contributed by atoms with van der Waals surface area (Å²) in [6.45, 7) is 7.15. The minimum Gasteiger partial charge on any atom is -0.487 e. The molecule has 0 unspecified atom stereocenters. The van der Waals surface area contributed by atoms with Crippen LogP contribution in [0.5, 0.6) is 5.75 Å². The third-order valence-electron chi connectivity index (χ3n) is 3.38. The molecule has 1 heterocycles. The van der Waals surface area contributed by atoms with Crippen LogP contribution in [0.1, 0.15) is 43.8 Å². The normalized spacial score (nSPS) is 12.4. The lowest BCUT2D eigenvalue weighted by atomic mass is 10.1. The maximum Gasteiger partial charge on any atom is 0.130 e. The molecular weight excluding hydrogens is 332 g/mol. The first-order valence-electron chi connectivity index (χ1n) is 7.21. The first-order valence-corrected chi connectivity index (χ1v) is 8.00. The van der Waals surface area contributed by atoms with Crippen molar-refractivity contribution >= 4 is 15.9 Å². The van der Waals surface area contributed by atoms with Crippen LogP contribution in [0.2, 0.25) is 0 Å². The maximum atomic E-state index is 9.82. The Bertz CT molecular complexity index is 608. The van der Waals surface area contributed by atoms with E-state index in [1.807, 2.05) is 22.9 Å². The smallest absolute Gasteiger partial charge is 0.130 e. The van der Waals surface area contributed by atoms with Gasteiger partial charge in [-0.2, -0.15) is 5.10 Å². The zero-order chi connectivity index (χ0) is 15.4. The van der Waals surface area contributed by atoms with E-state index in [9.17, 15) is 5.11 Å². The van der Waals surface area contributed by atoms with Gasteiger partial charge >= 0.3 is 0 Å². The quantitative estimate of drug-likeness (QED) is 0.858. The topological polar surface area (TPSA) is 47.3 Å². The lowest BCUT2D eigenvalue weighted by Crippen LogP contribution is -2.07. The number of aliphatic hydroxyl groups excluding tert-OH is 1. The lowest BCUT2D eigenvalue weighted by Gasteiger charge is -2.14. The molecule has 0 radical (unpaired) electrons. The Balaban J connectivity index is 2.19. The Kier molecular flexibility index (Phi) is 5.42. The van der Waals surface area contributed by atoms with Crippen LogP contribution in [0.25, 0.3) is 0 Å². The molecule has 1 aromatic carbocycles. The second-order valence-corrected chi connectivity index (χ2v) is 5.86. The zero-order valence-electron chi connectivity index (χ0n) is 12.6. The highest BCUT2D eigenvalue weighted by atomic mass is 79.9. The van der Waals surface area contributed by atoms with Crippen molar-refractivity contribution in [2.45, 2.75) is 46.4 Å². The average Bonchev–Trinajstić information content (AvgIpc) is 2.87. The van der Waals surface area contributed by atoms with Gasteiger partial charge in [-0.25, -0.2) is 0 Å². The van der Waals surface area contributed by atoms with Crippen LogP contribution < -0.4 is 4.74 Å². The number of benzene rings is 1. The van der Waals surface area contributed by atoms with E-state index in [0.29, 0.717) is 12.4 Å².